The average Bonchev–Trinajstić information content (AvgIpc) is 3.06. The molecule has 0 aliphatic carbocycles. The van der Waals surface area contributed by atoms with Crippen LogP contribution in [0, 0.1) is 12.7 Å². The van der Waals surface area contributed by atoms with Crippen molar-refractivity contribution in [3.8, 4) is 28.4 Å². The number of benzene rings is 4. The summed E-state index contributed by atoms with van der Waals surface area (Å²) in [5.41, 5.74) is 4.46. The van der Waals surface area contributed by atoms with Gasteiger partial charge in [-0.2, -0.15) is 0 Å². The summed E-state index contributed by atoms with van der Waals surface area (Å²) in [5, 5.41) is 3.35. The highest BCUT2D eigenvalue weighted by Crippen LogP contribution is 2.45. The van der Waals surface area contributed by atoms with E-state index in [0.717, 1.165) is 22.4 Å². The largest absolute Gasteiger partial charge is 0.496 e. The molecule has 10 heteroatoms. The van der Waals surface area contributed by atoms with E-state index in [1.54, 1.807) is 44.2 Å². The number of anilines is 2. The number of ether oxygens (including phenoxy) is 5. The van der Waals surface area contributed by atoms with Gasteiger partial charge in [0.15, 0.2) is 0 Å². The molecular formula is C38H41FN2O7. The molecule has 4 aromatic carbocycles. The Morgan fingerprint density at radius 1 is 0.958 bits per heavy atom. The Kier molecular flexibility index (Phi) is 10.2. The van der Waals surface area contributed by atoms with E-state index in [-0.39, 0.29) is 12.5 Å². The fraction of sp³-hybridized carbons (Fsp3) is 0.316. The number of nitrogens with zero attached hydrogens (tertiary/aromatic N) is 1. The fourth-order valence-corrected chi connectivity index (χ4v) is 5.67. The molecule has 0 fully saturated rings. The molecule has 48 heavy (non-hydrogen) atoms. The summed E-state index contributed by atoms with van der Waals surface area (Å²) in [5.74, 6) is 0.206. The lowest BCUT2D eigenvalue weighted by atomic mass is 9.91. The lowest BCUT2D eigenvalue weighted by Crippen LogP contribution is -2.52. The second kappa shape index (κ2) is 14.4. The summed E-state index contributed by atoms with van der Waals surface area (Å²) in [6.45, 7) is 8.93. The van der Waals surface area contributed by atoms with Gasteiger partial charge in [-0.1, -0.05) is 42.5 Å². The van der Waals surface area contributed by atoms with Crippen LogP contribution in [0.1, 0.15) is 44.4 Å². The van der Waals surface area contributed by atoms with Crippen molar-refractivity contribution in [3.05, 3.63) is 101 Å². The summed E-state index contributed by atoms with van der Waals surface area (Å²) in [4.78, 5) is 27.0. The number of hydrogen-bond donors (Lipinski definition) is 1. The minimum Gasteiger partial charge on any atom is -0.496 e. The van der Waals surface area contributed by atoms with Gasteiger partial charge in [0.1, 0.15) is 41.3 Å². The molecule has 2 atom stereocenters. The predicted molar refractivity (Wildman–Crippen MR) is 182 cm³/mol. The molecule has 1 aliphatic heterocycles. The number of nitrogens with one attached hydrogen (secondary N) is 1. The normalized spacial score (nSPS) is 14.8. The van der Waals surface area contributed by atoms with Gasteiger partial charge < -0.3 is 33.9 Å². The molecule has 0 radical (unpaired) electrons. The molecular weight excluding hydrogens is 615 g/mol. The summed E-state index contributed by atoms with van der Waals surface area (Å²) in [6.07, 6.45) is -1.63. The molecule has 2 unspecified atom stereocenters. The van der Waals surface area contributed by atoms with E-state index < -0.39 is 29.7 Å². The number of carbonyl (C=O) groups is 2. The molecule has 1 heterocycles. The number of methoxy groups -OCH3 is 1. The highest BCUT2D eigenvalue weighted by atomic mass is 19.1. The van der Waals surface area contributed by atoms with Crippen molar-refractivity contribution in [3.63, 3.8) is 0 Å². The molecule has 252 valence electrons. The molecule has 1 amide bonds. The quantitative estimate of drug-likeness (QED) is 0.124. The number of esters is 1. The molecule has 0 bridgehead atoms. The summed E-state index contributed by atoms with van der Waals surface area (Å²) >= 11 is 0. The lowest BCUT2D eigenvalue weighted by molar-refractivity contribution is -0.183. The number of halogens is 1. The monoisotopic (exact) mass is 656 g/mol. The van der Waals surface area contributed by atoms with E-state index in [2.05, 4.69) is 5.32 Å². The first-order valence-electron chi connectivity index (χ1n) is 15.7. The Morgan fingerprint density at radius 3 is 2.40 bits per heavy atom. The lowest BCUT2D eigenvalue weighted by Gasteiger charge is -2.39. The van der Waals surface area contributed by atoms with Crippen LogP contribution in [-0.2, 0) is 32.3 Å². The number of carbonyl (C=O) groups excluding carboxylic acids is 2. The first kappa shape index (κ1) is 34.3. The maximum absolute atomic E-state index is 14.1. The number of likely N-dealkylation sites (N-methyl/N-ethyl adjacent to an activating group) is 1. The van der Waals surface area contributed by atoms with Gasteiger partial charge >= 0.3 is 5.97 Å². The van der Waals surface area contributed by atoms with E-state index in [9.17, 15) is 14.0 Å². The van der Waals surface area contributed by atoms with Gasteiger partial charge in [-0.3, -0.25) is 9.59 Å². The molecule has 0 saturated carbocycles. The van der Waals surface area contributed by atoms with Gasteiger partial charge in [0.2, 0.25) is 0 Å². The van der Waals surface area contributed by atoms with Crippen molar-refractivity contribution in [1.29, 1.82) is 0 Å². The Hall–Kier alpha value is -5.09. The average molecular weight is 657 g/mol. The van der Waals surface area contributed by atoms with E-state index in [4.69, 9.17) is 23.7 Å². The second-order valence-electron chi connectivity index (χ2n) is 12.3. The molecule has 1 N–H and O–H groups in total. The minimum absolute atomic E-state index is 0.0364. The number of amides is 1. The molecule has 4 aromatic rings. The summed E-state index contributed by atoms with van der Waals surface area (Å²) in [6, 6.07) is 23.2. The zero-order valence-corrected chi connectivity index (χ0v) is 28.3. The summed E-state index contributed by atoms with van der Waals surface area (Å²) in [7, 11) is 3.27. The van der Waals surface area contributed by atoms with E-state index in [1.807, 2.05) is 69.3 Å². The van der Waals surface area contributed by atoms with Crippen molar-refractivity contribution in [2.24, 2.45) is 0 Å². The van der Waals surface area contributed by atoms with E-state index in [1.165, 1.54) is 19.1 Å². The molecule has 9 nitrogen and oxygen atoms in total. The highest BCUT2D eigenvalue weighted by molar-refractivity contribution is 6.08. The van der Waals surface area contributed by atoms with Crippen molar-refractivity contribution in [2.45, 2.75) is 65.8 Å². The first-order chi connectivity index (χ1) is 22.9. The number of rotatable bonds is 12. The first-order valence-corrected chi connectivity index (χ1v) is 15.7. The molecule has 0 saturated heterocycles. The van der Waals surface area contributed by atoms with E-state index in [0.29, 0.717) is 40.7 Å². The standard InChI is InChI=1S/C38H41FN2O7/c1-23-13-14-27(39)19-33(23)46-22-31-29(17-18-32-35(31)41(6)37(43)38(4,5)40-32)30-16-15-28(20-34(30)44-7)48-36(47-25(3)42)24(2)45-21-26-11-9-8-10-12-26/h8-20,24,36,40H,21-22H2,1-7H3. The number of hydrogen-bond acceptors (Lipinski definition) is 8. The van der Waals surface area contributed by atoms with Gasteiger partial charge in [-0.15, -0.1) is 0 Å². The van der Waals surface area contributed by atoms with Crippen LogP contribution in [-0.4, -0.2) is 44.0 Å². The van der Waals surface area contributed by atoms with Crippen LogP contribution < -0.4 is 24.4 Å². The van der Waals surface area contributed by atoms with E-state index >= 15 is 0 Å². The van der Waals surface area contributed by atoms with Crippen LogP contribution in [0.2, 0.25) is 0 Å². The van der Waals surface area contributed by atoms with Crippen LogP contribution in [0.15, 0.2) is 78.9 Å². The second-order valence-corrected chi connectivity index (χ2v) is 12.3. The Labute approximate surface area is 280 Å². The third-order valence-corrected chi connectivity index (χ3v) is 8.16. The van der Waals surface area contributed by atoms with Gasteiger partial charge in [0.25, 0.3) is 12.2 Å². The van der Waals surface area contributed by atoms with Gasteiger partial charge in [-0.05, 0) is 68.7 Å². The zero-order valence-electron chi connectivity index (χ0n) is 28.3. The third kappa shape index (κ3) is 7.55. The van der Waals surface area contributed by atoms with Crippen molar-refractivity contribution in [2.75, 3.05) is 24.4 Å². The SMILES string of the molecule is COc1cc(OC(OC(C)=O)C(C)OCc2ccccc2)ccc1-c1ccc2c(c1COc1cc(F)ccc1C)N(C)C(=O)C(C)(C)N2. The van der Waals surface area contributed by atoms with Gasteiger partial charge in [0, 0.05) is 37.2 Å². The smallest absolute Gasteiger partial charge is 0.305 e. The minimum atomic E-state index is -1.03. The van der Waals surface area contributed by atoms with Crippen LogP contribution >= 0.6 is 0 Å². The van der Waals surface area contributed by atoms with Gasteiger partial charge in [0.05, 0.1) is 25.1 Å². The Bertz CT molecular complexity index is 1790. The Morgan fingerprint density at radius 2 is 1.69 bits per heavy atom. The topological polar surface area (TPSA) is 95.6 Å². The maximum Gasteiger partial charge on any atom is 0.305 e. The van der Waals surface area contributed by atoms with Crippen LogP contribution in [0.25, 0.3) is 11.1 Å². The van der Waals surface area contributed by atoms with Crippen LogP contribution in [0.5, 0.6) is 17.2 Å². The zero-order chi connectivity index (χ0) is 34.6. The molecule has 0 aromatic heterocycles. The Balaban J connectivity index is 1.50. The van der Waals surface area contributed by atoms with Crippen molar-refractivity contribution < 1.29 is 37.7 Å². The predicted octanol–water partition coefficient (Wildman–Crippen LogP) is 7.43. The summed E-state index contributed by atoms with van der Waals surface area (Å²) < 4.78 is 43.8. The molecule has 1 aliphatic rings. The van der Waals surface area contributed by atoms with Gasteiger partial charge in [-0.25, -0.2) is 4.39 Å². The third-order valence-electron chi connectivity index (χ3n) is 8.16. The fourth-order valence-electron chi connectivity index (χ4n) is 5.67. The molecule has 5 rings (SSSR count). The van der Waals surface area contributed by atoms with Crippen LogP contribution in [0.4, 0.5) is 15.8 Å². The number of fused-ring (bicyclic) bond motifs is 1. The van der Waals surface area contributed by atoms with Crippen molar-refractivity contribution >= 4 is 23.3 Å². The molecule has 0 spiro atoms. The number of aryl methyl sites for hydroxylation is 1. The maximum atomic E-state index is 14.1. The highest BCUT2D eigenvalue weighted by Gasteiger charge is 2.39. The van der Waals surface area contributed by atoms with Crippen molar-refractivity contribution in [1.82, 2.24) is 0 Å². The van der Waals surface area contributed by atoms with Crippen LogP contribution in [0.3, 0.4) is 0 Å².